The first-order chi connectivity index (χ1) is 10.8. The molecule has 0 radical (unpaired) electrons. The van der Waals surface area contributed by atoms with Crippen molar-refractivity contribution in [2.24, 2.45) is 0 Å². The van der Waals surface area contributed by atoms with E-state index in [-0.39, 0.29) is 5.41 Å². The lowest BCUT2D eigenvalue weighted by atomic mass is 9.78. The molecule has 2 aromatic rings. The highest BCUT2D eigenvalue weighted by Gasteiger charge is 2.30. The fourth-order valence-electron chi connectivity index (χ4n) is 2.95. The summed E-state index contributed by atoms with van der Waals surface area (Å²) in [6, 6.07) is 17.9. The lowest BCUT2D eigenvalue weighted by Gasteiger charge is -2.27. The zero-order chi connectivity index (χ0) is 17.1. The molecule has 0 aliphatic rings. The molecule has 0 aromatic heterocycles. The zero-order valence-electron chi connectivity index (χ0n) is 13.9. The molecule has 0 fully saturated rings. The van der Waals surface area contributed by atoms with Crippen molar-refractivity contribution in [1.29, 1.82) is 0 Å². The Kier molecular flexibility index (Phi) is 5.46. The van der Waals surface area contributed by atoms with Crippen LogP contribution in [0.15, 0.2) is 54.6 Å². The summed E-state index contributed by atoms with van der Waals surface area (Å²) in [6.07, 6.45) is 1.23. The van der Waals surface area contributed by atoms with Crippen molar-refractivity contribution in [3.8, 4) is 0 Å². The highest BCUT2D eigenvalue weighted by atomic mass is 31.2. The second-order valence-corrected chi connectivity index (χ2v) is 8.31. The molecule has 2 aromatic carbocycles. The largest absolute Gasteiger partial charge is 0.332 e. The van der Waals surface area contributed by atoms with Gasteiger partial charge in [-0.25, -0.2) is 0 Å². The minimum absolute atomic E-state index is 0.151. The Labute approximate surface area is 138 Å². The van der Waals surface area contributed by atoms with E-state index in [2.05, 4.69) is 26.0 Å². The maximum Gasteiger partial charge on any atom is 0.332 e. The summed E-state index contributed by atoms with van der Waals surface area (Å²) >= 11 is 0. The molecule has 1 atom stereocenters. The number of hydrogen-bond donors (Lipinski definition) is 2. The Morgan fingerprint density at radius 2 is 1.48 bits per heavy atom. The van der Waals surface area contributed by atoms with Crippen LogP contribution in [0.25, 0.3) is 0 Å². The summed E-state index contributed by atoms with van der Waals surface area (Å²) in [5.41, 5.74) is 2.21. The molecule has 4 heteroatoms. The molecule has 2 rings (SSSR count). The van der Waals surface area contributed by atoms with Crippen molar-refractivity contribution in [3.63, 3.8) is 0 Å². The number of benzene rings is 2. The van der Waals surface area contributed by atoms with Crippen molar-refractivity contribution in [3.05, 3.63) is 71.3 Å². The molecule has 0 spiro atoms. The monoisotopic (exact) mass is 332 g/mol. The van der Waals surface area contributed by atoms with Gasteiger partial charge >= 0.3 is 7.60 Å². The van der Waals surface area contributed by atoms with E-state index in [0.29, 0.717) is 12.0 Å². The van der Waals surface area contributed by atoms with Gasteiger partial charge in [-0.05, 0) is 23.1 Å². The average Bonchev–Trinajstić information content (AvgIpc) is 2.52. The van der Waals surface area contributed by atoms with Gasteiger partial charge in [0.1, 0.15) is 0 Å². The van der Waals surface area contributed by atoms with E-state index in [9.17, 15) is 14.4 Å². The van der Waals surface area contributed by atoms with Gasteiger partial charge in [0.2, 0.25) is 0 Å². The van der Waals surface area contributed by atoms with Gasteiger partial charge in [-0.15, -0.1) is 0 Å². The fraction of sp³-hybridized carbons (Fsp3) is 0.368. The molecule has 0 bridgehead atoms. The normalized spacial score (nSPS) is 13.8. The molecular weight excluding hydrogens is 307 g/mol. The maximum absolute atomic E-state index is 11.7. The summed E-state index contributed by atoms with van der Waals surface area (Å²) in [7, 11) is -4.13. The maximum atomic E-state index is 11.7. The van der Waals surface area contributed by atoms with Crippen LogP contribution >= 0.6 is 7.60 Å². The van der Waals surface area contributed by atoms with Crippen molar-refractivity contribution < 1.29 is 14.4 Å². The molecule has 0 heterocycles. The van der Waals surface area contributed by atoms with Crippen LogP contribution in [-0.2, 0) is 9.98 Å². The predicted octanol–water partition coefficient (Wildman–Crippen LogP) is 5.03. The standard InChI is InChI=1S/C19H25O3P/c1-4-8-18(23(20,21)22)15-11-13-17(14-12-15)19(2,3)16-9-6-5-7-10-16/h5-7,9-14,18H,4,8H2,1-3H3,(H2,20,21,22). The summed E-state index contributed by atoms with van der Waals surface area (Å²) in [5.74, 6) is 0. The fourth-order valence-corrected chi connectivity index (χ4v) is 4.10. The van der Waals surface area contributed by atoms with Gasteiger partial charge in [0, 0.05) is 5.41 Å². The third-order valence-electron chi connectivity index (χ3n) is 4.48. The van der Waals surface area contributed by atoms with Gasteiger partial charge < -0.3 is 9.79 Å². The second kappa shape index (κ2) is 7.00. The second-order valence-electron chi connectivity index (χ2n) is 6.51. The first-order valence-electron chi connectivity index (χ1n) is 7.98. The van der Waals surface area contributed by atoms with Gasteiger partial charge in [-0.2, -0.15) is 0 Å². The van der Waals surface area contributed by atoms with Gasteiger partial charge in [0.05, 0.1) is 5.66 Å². The third-order valence-corrected chi connectivity index (χ3v) is 5.85. The van der Waals surface area contributed by atoms with Crippen molar-refractivity contribution in [1.82, 2.24) is 0 Å². The predicted molar refractivity (Wildman–Crippen MR) is 94.7 cm³/mol. The molecule has 0 saturated carbocycles. The number of rotatable bonds is 6. The highest BCUT2D eigenvalue weighted by molar-refractivity contribution is 7.52. The van der Waals surface area contributed by atoms with E-state index in [1.807, 2.05) is 49.4 Å². The van der Waals surface area contributed by atoms with Gasteiger partial charge in [-0.1, -0.05) is 81.8 Å². The van der Waals surface area contributed by atoms with Crippen LogP contribution in [0.2, 0.25) is 0 Å². The Hall–Kier alpha value is -1.41. The van der Waals surface area contributed by atoms with Crippen LogP contribution in [0.1, 0.15) is 56.0 Å². The molecule has 124 valence electrons. The lowest BCUT2D eigenvalue weighted by molar-refractivity contribution is 0.355. The third kappa shape index (κ3) is 4.11. The van der Waals surface area contributed by atoms with Crippen molar-refractivity contribution in [2.75, 3.05) is 0 Å². The Bertz CT molecular complexity index is 672. The smallest absolute Gasteiger partial charge is 0.324 e. The van der Waals surface area contributed by atoms with Crippen molar-refractivity contribution in [2.45, 2.75) is 44.7 Å². The van der Waals surface area contributed by atoms with E-state index in [1.165, 1.54) is 5.56 Å². The molecule has 3 nitrogen and oxygen atoms in total. The summed E-state index contributed by atoms with van der Waals surface area (Å²) in [6.45, 7) is 6.25. The van der Waals surface area contributed by atoms with Crippen molar-refractivity contribution >= 4 is 7.60 Å². The van der Waals surface area contributed by atoms with Crippen LogP contribution in [0, 0.1) is 0 Å². The van der Waals surface area contributed by atoms with Crippen LogP contribution in [0.3, 0.4) is 0 Å². The number of hydrogen-bond acceptors (Lipinski definition) is 1. The molecular formula is C19H25O3P. The van der Waals surface area contributed by atoms with Crippen LogP contribution in [-0.4, -0.2) is 9.79 Å². The molecule has 0 aliphatic carbocycles. The minimum Gasteiger partial charge on any atom is -0.324 e. The Balaban J connectivity index is 2.34. The Morgan fingerprint density at radius 1 is 0.957 bits per heavy atom. The zero-order valence-corrected chi connectivity index (χ0v) is 14.8. The molecule has 0 saturated heterocycles. The molecule has 23 heavy (non-hydrogen) atoms. The van der Waals surface area contributed by atoms with E-state index < -0.39 is 13.3 Å². The summed E-state index contributed by atoms with van der Waals surface area (Å²) < 4.78 is 11.7. The van der Waals surface area contributed by atoms with Gasteiger partial charge in [0.25, 0.3) is 0 Å². The Morgan fingerprint density at radius 3 is 1.96 bits per heavy atom. The SMILES string of the molecule is CCCC(c1ccc(C(C)(C)c2ccccc2)cc1)P(=O)(O)O. The molecule has 0 aliphatic heterocycles. The van der Waals surface area contributed by atoms with E-state index in [4.69, 9.17) is 0 Å². The van der Waals surface area contributed by atoms with E-state index in [0.717, 1.165) is 12.0 Å². The quantitative estimate of drug-likeness (QED) is 0.729. The van der Waals surface area contributed by atoms with Crippen LogP contribution < -0.4 is 0 Å². The minimum atomic E-state index is -4.13. The lowest BCUT2D eigenvalue weighted by Crippen LogP contribution is -2.18. The van der Waals surface area contributed by atoms with E-state index in [1.54, 1.807) is 0 Å². The first kappa shape index (κ1) is 17.9. The molecule has 0 amide bonds. The van der Waals surface area contributed by atoms with Crippen LogP contribution in [0.4, 0.5) is 0 Å². The van der Waals surface area contributed by atoms with E-state index >= 15 is 0 Å². The summed E-state index contributed by atoms with van der Waals surface area (Å²) in [5, 5.41) is 0. The average molecular weight is 332 g/mol. The highest BCUT2D eigenvalue weighted by Crippen LogP contribution is 2.54. The topological polar surface area (TPSA) is 57.5 Å². The first-order valence-corrected chi connectivity index (χ1v) is 9.66. The summed E-state index contributed by atoms with van der Waals surface area (Å²) in [4.78, 5) is 19.2. The van der Waals surface area contributed by atoms with Gasteiger partial charge in [-0.3, -0.25) is 4.57 Å². The van der Waals surface area contributed by atoms with Crippen LogP contribution in [0.5, 0.6) is 0 Å². The van der Waals surface area contributed by atoms with Gasteiger partial charge in [0.15, 0.2) is 0 Å². The molecule has 1 unspecified atom stereocenters. The molecule has 2 N–H and O–H groups in total.